The predicted molar refractivity (Wildman–Crippen MR) is 41.0 cm³/mol. The molecule has 0 saturated heterocycles. The van der Waals surface area contributed by atoms with Crippen molar-refractivity contribution in [2.75, 3.05) is 0 Å². The van der Waals surface area contributed by atoms with E-state index >= 15 is 0 Å². The van der Waals surface area contributed by atoms with Crippen molar-refractivity contribution in [1.29, 1.82) is 0 Å². The molecule has 3 nitrogen and oxygen atoms in total. The van der Waals surface area contributed by atoms with Gasteiger partial charge in [-0.05, 0) is 6.42 Å². The van der Waals surface area contributed by atoms with Gasteiger partial charge in [-0.15, -0.1) is 10.2 Å². The zero-order valence-electron chi connectivity index (χ0n) is 5.55. The molecule has 4 heteroatoms. The molecule has 1 aromatic heterocycles. The number of nitrogens with zero attached hydrogens (tertiary/aromatic N) is 3. The first-order chi connectivity index (χ1) is 4.92. The van der Waals surface area contributed by atoms with Crippen LogP contribution < -0.4 is 0 Å². The van der Waals surface area contributed by atoms with Gasteiger partial charge in [0.25, 0.3) is 0 Å². The molecule has 2 rings (SSSR count). The first-order valence-corrected chi connectivity index (χ1v) is 4.51. The highest BCUT2D eigenvalue weighted by atomic mass is 79.9. The molecular weight excluding hydrogens is 194 g/mol. The monoisotopic (exact) mass is 201 g/mol. The van der Waals surface area contributed by atoms with Crippen LogP contribution in [0.2, 0.25) is 0 Å². The Bertz CT molecular complexity index is 243. The van der Waals surface area contributed by atoms with Crippen LogP contribution in [0.4, 0.5) is 0 Å². The maximum Gasteiger partial charge on any atom is 0.143 e. The number of rotatable bonds is 1. The fourth-order valence-electron chi connectivity index (χ4n) is 1.31. The molecule has 2 heterocycles. The number of aryl methyl sites for hydroxylation is 1. The molecule has 0 spiro atoms. The Morgan fingerprint density at radius 2 is 2.40 bits per heavy atom. The van der Waals surface area contributed by atoms with E-state index in [1.807, 2.05) is 0 Å². The van der Waals surface area contributed by atoms with E-state index in [1.165, 1.54) is 6.42 Å². The van der Waals surface area contributed by atoms with E-state index in [9.17, 15) is 0 Å². The normalized spacial score (nSPS) is 15.7. The smallest absolute Gasteiger partial charge is 0.143 e. The summed E-state index contributed by atoms with van der Waals surface area (Å²) in [5.41, 5.74) is 0. The number of aromatic nitrogens is 3. The van der Waals surface area contributed by atoms with Crippen LogP contribution in [0.1, 0.15) is 18.1 Å². The van der Waals surface area contributed by atoms with Crippen LogP contribution in [0.3, 0.4) is 0 Å². The molecular formula is C6H8BrN3. The standard InChI is InChI=1S/C6H8BrN3/c7-4-6-9-8-5-2-1-3-10(5)6/h1-4H2. The Kier molecular flexibility index (Phi) is 1.48. The first-order valence-electron chi connectivity index (χ1n) is 3.39. The zero-order valence-corrected chi connectivity index (χ0v) is 7.13. The van der Waals surface area contributed by atoms with Gasteiger partial charge in [0.2, 0.25) is 0 Å². The summed E-state index contributed by atoms with van der Waals surface area (Å²) < 4.78 is 2.19. The fourth-order valence-corrected chi connectivity index (χ4v) is 1.72. The van der Waals surface area contributed by atoms with E-state index in [1.54, 1.807) is 0 Å². The lowest BCUT2D eigenvalue weighted by Gasteiger charge is -1.95. The number of halogens is 1. The number of alkyl halides is 1. The van der Waals surface area contributed by atoms with Crippen molar-refractivity contribution in [2.45, 2.75) is 24.7 Å². The van der Waals surface area contributed by atoms with Gasteiger partial charge in [-0.1, -0.05) is 15.9 Å². The SMILES string of the molecule is BrCc1nnc2n1CCC2. The summed E-state index contributed by atoms with van der Waals surface area (Å²) in [5, 5.41) is 8.89. The summed E-state index contributed by atoms with van der Waals surface area (Å²) in [6.45, 7) is 1.10. The minimum absolute atomic E-state index is 0.819. The Balaban J connectivity index is 2.44. The highest BCUT2D eigenvalue weighted by Crippen LogP contribution is 2.15. The minimum atomic E-state index is 0.819. The van der Waals surface area contributed by atoms with Crippen LogP contribution in [0.5, 0.6) is 0 Å². The third kappa shape index (κ3) is 0.785. The summed E-state index contributed by atoms with van der Waals surface area (Å²) in [7, 11) is 0. The van der Waals surface area contributed by atoms with Crippen molar-refractivity contribution < 1.29 is 0 Å². The van der Waals surface area contributed by atoms with E-state index in [4.69, 9.17) is 0 Å². The molecule has 1 aromatic rings. The van der Waals surface area contributed by atoms with Crippen molar-refractivity contribution >= 4 is 15.9 Å². The summed E-state index contributed by atoms with van der Waals surface area (Å²) >= 11 is 3.37. The second-order valence-corrected chi connectivity index (χ2v) is 2.98. The summed E-state index contributed by atoms with van der Waals surface area (Å²) in [4.78, 5) is 0. The second kappa shape index (κ2) is 2.34. The molecule has 54 valence electrons. The van der Waals surface area contributed by atoms with Crippen LogP contribution in [0, 0.1) is 0 Å². The van der Waals surface area contributed by atoms with Crippen LogP contribution >= 0.6 is 15.9 Å². The molecule has 0 atom stereocenters. The van der Waals surface area contributed by atoms with Gasteiger partial charge in [-0.25, -0.2) is 0 Å². The van der Waals surface area contributed by atoms with Gasteiger partial charge in [0.05, 0.1) is 5.33 Å². The van der Waals surface area contributed by atoms with E-state index < -0.39 is 0 Å². The van der Waals surface area contributed by atoms with Gasteiger partial charge < -0.3 is 4.57 Å². The third-order valence-electron chi connectivity index (χ3n) is 1.81. The molecule has 0 radical (unpaired) electrons. The predicted octanol–water partition coefficient (Wildman–Crippen LogP) is 1.12. The van der Waals surface area contributed by atoms with Gasteiger partial charge in [0, 0.05) is 13.0 Å². The highest BCUT2D eigenvalue weighted by Gasteiger charge is 2.15. The fraction of sp³-hybridized carbons (Fsp3) is 0.667. The Labute approximate surface area is 67.6 Å². The van der Waals surface area contributed by atoms with Crippen molar-refractivity contribution in [3.8, 4) is 0 Å². The maximum atomic E-state index is 4.05. The molecule has 1 aliphatic rings. The molecule has 0 N–H and O–H groups in total. The molecule has 0 aromatic carbocycles. The van der Waals surface area contributed by atoms with Crippen LogP contribution in [-0.2, 0) is 18.3 Å². The number of hydrogen-bond acceptors (Lipinski definition) is 2. The zero-order chi connectivity index (χ0) is 6.97. The Morgan fingerprint density at radius 3 is 3.20 bits per heavy atom. The third-order valence-corrected chi connectivity index (χ3v) is 2.31. The van der Waals surface area contributed by atoms with Crippen LogP contribution in [-0.4, -0.2) is 14.8 Å². The van der Waals surface area contributed by atoms with Gasteiger partial charge in [-0.2, -0.15) is 0 Å². The Hall–Kier alpha value is -0.380. The summed E-state index contributed by atoms with van der Waals surface area (Å²) in [6.07, 6.45) is 2.32. The first kappa shape index (κ1) is 6.34. The molecule has 0 fully saturated rings. The summed E-state index contributed by atoms with van der Waals surface area (Å²) in [5.74, 6) is 2.21. The number of hydrogen-bond donors (Lipinski definition) is 0. The summed E-state index contributed by atoms with van der Waals surface area (Å²) in [6, 6.07) is 0. The molecule has 0 aliphatic carbocycles. The van der Waals surface area contributed by atoms with Crippen molar-refractivity contribution in [3.05, 3.63) is 11.6 Å². The van der Waals surface area contributed by atoms with Gasteiger partial charge >= 0.3 is 0 Å². The van der Waals surface area contributed by atoms with Crippen molar-refractivity contribution in [1.82, 2.24) is 14.8 Å². The topological polar surface area (TPSA) is 30.7 Å². The average molecular weight is 202 g/mol. The quantitative estimate of drug-likeness (QED) is 0.639. The van der Waals surface area contributed by atoms with E-state index in [-0.39, 0.29) is 0 Å². The van der Waals surface area contributed by atoms with E-state index in [2.05, 4.69) is 30.7 Å². The minimum Gasteiger partial charge on any atom is -0.314 e. The molecule has 0 saturated carbocycles. The molecule has 0 amide bonds. The van der Waals surface area contributed by atoms with Crippen molar-refractivity contribution in [3.63, 3.8) is 0 Å². The molecule has 0 bridgehead atoms. The Morgan fingerprint density at radius 1 is 1.50 bits per heavy atom. The average Bonchev–Trinajstić information content (AvgIpc) is 2.44. The van der Waals surface area contributed by atoms with Crippen molar-refractivity contribution in [2.24, 2.45) is 0 Å². The van der Waals surface area contributed by atoms with E-state index in [0.717, 1.165) is 29.9 Å². The molecule has 0 unspecified atom stereocenters. The lowest BCUT2D eigenvalue weighted by molar-refractivity contribution is 0.712. The maximum absolute atomic E-state index is 4.05. The second-order valence-electron chi connectivity index (χ2n) is 2.42. The van der Waals surface area contributed by atoms with Crippen LogP contribution in [0.15, 0.2) is 0 Å². The van der Waals surface area contributed by atoms with Gasteiger partial charge in [0.15, 0.2) is 0 Å². The van der Waals surface area contributed by atoms with Gasteiger partial charge in [-0.3, -0.25) is 0 Å². The van der Waals surface area contributed by atoms with Gasteiger partial charge in [0.1, 0.15) is 11.6 Å². The van der Waals surface area contributed by atoms with E-state index in [0.29, 0.717) is 0 Å². The lowest BCUT2D eigenvalue weighted by Crippen LogP contribution is -1.97. The molecule has 1 aliphatic heterocycles. The van der Waals surface area contributed by atoms with Crippen LogP contribution in [0.25, 0.3) is 0 Å². The number of fused-ring (bicyclic) bond motifs is 1. The highest BCUT2D eigenvalue weighted by molar-refractivity contribution is 9.08. The molecule has 10 heavy (non-hydrogen) atoms. The largest absolute Gasteiger partial charge is 0.314 e. The lowest BCUT2D eigenvalue weighted by atomic mass is 10.4.